The molecule has 0 aromatic rings. The smallest absolute Gasteiger partial charge is 0.424 e. The topological polar surface area (TPSA) is 80.9 Å². The number of hydrogen-bond donors (Lipinski definition) is 4. The molecule has 0 saturated carbocycles. The minimum Gasteiger partial charge on any atom is -0.424 e. The Morgan fingerprint density at radius 1 is 1.15 bits per heavy atom. The van der Waals surface area contributed by atoms with E-state index < -0.39 is 14.2 Å². The normalized spacial score (nSPS) is 11.6. The first-order valence-electron chi connectivity index (χ1n) is 4.50. The standard InChI is InChI=1S/C7H16B2O4/c1-2-3-4-5-7(9(12)13)6-8(10)11/h6,10-13H,2-5H2,1H3. The number of unbranched alkanes of at least 4 members (excludes halogenated alkanes) is 2. The second-order valence-electron chi connectivity index (χ2n) is 2.99. The van der Waals surface area contributed by atoms with Crippen LogP contribution in [0, 0.1) is 0 Å². The summed E-state index contributed by atoms with van der Waals surface area (Å²) < 4.78 is 0. The van der Waals surface area contributed by atoms with E-state index in [9.17, 15) is 0 Å². The lowest BCUT2D eigenvalue weighted by atomic mass is 9.70. The molecule has 0 amide bonds. The van der Waals surface area contributed by atoms with Crippen LogP contribution in [-0.4, -0.2) is 34.3 Å². The Kier molecular flexibility index (Phi) is 6.99. The van der Waals surface area contributed by atoms with Gasteiger partial charge >= 0.3 is 14.2 Å². The van der Waals surface area contributed by atoms with Crippen molar-refractivity contribution in [2.24, 2.45) is 0 Å². The summed E-state index contributed by atoms with van der Waals surface area (Å²) in [6.07, 6.45) is 3.35. The molecule has 0 fully saturated rings. The van der Waals surface area contributed by atoms with Crippen molar-refractivity contribution >= 4 is 14.2 Å². The maximum Gasteiger partial charge on any atom is 0.483 e. The number of hydrogen-bond acceptors (Lipinski definition) is 4. The van der Waals surface area contributed by atoms with Gasteiger partial charge in [0, 0.05) is 0 Å². The first-order chi connectivity index (χ1) is 6.07. The average Bonchev–Trinajstić information content (AvgIpc) is 2.02. The van der Waals surface area contributed by atoms with Gasteiger partial charge in [-0.2, -0.15) is 0 Å². The molecule has 74 valence electrons. The molecule has 0 aromatic heterocycles. The van der Waals surface area contributed by atoms with Crippen molar-refractivity contribution in [2.75, 3.05) is 0 Å². The Bertz CT molecular complexity index is 159. The lowest BCUT2D eigenvalue weighted by Gasteiger charge is -2.05. The molecule has 0 unspecified atom stereocenters. The van der Waals surface area contributed by atoms with Gasteiger partial charge in [0.05, 0.1) is 0 Å². The molecule has 0 radical (unpaired) electrons. The predicted octanol–water partition coefficient (Wildman–Crippen LogP) is -0.483. The van der Waals surface area contributed by atoms with E-state index in [2.05, 4.69) is 0 Å². The highest BCUT2D eigenvalue weighted by Gasteiger charge is 2.16. The zero-order valence-electron chi connectivity index (χ0n) is 7.85. The molecule has 0 saturated heterocycles. The van der Waals surface area contributed by atoms with Gasteiger partial charge < -0.3 is 20.1 Å². The van der Waals surface area contributed by atoms with Gasteiger partial charge in [-0.1, -0.05) is 32.2 Å². The lowest BCUT2D eigenvalue weighted by molar-refractivity contribution is 0.410. The van der Waals surface area contributed by atoms with Crippen LogP contribution in [0.15, 0.2) is 11.4 Å². The Morgan fingerprint density at radius 2 is 1.77 bits per heavy atom. The van der Waals surface area contributed by atoms with E-state index in [0.717, 1.165) is 25.2 Å². The summed E-state index contributed by atoms with van der Waals surface area (Å²) in [5, 5.41) is 34.8. The molecule has 0 aromatic carbocycles. The van der Waals surface area contributed by atoms with Crippen molar-refractivity contribution in [3.05, 3.63) is 11.4 Å². The van der Waals surface area contributed by atoms with E-state index in [1.807, 2.05) is 6.92 Å². The predicted molar refractivity (Wildman–Crippen MR) is 52.6 cm³/mol. The lowest BCUT2D eigenvalue weighted by Crippen LogP contribution is -2.19. The van der Waals surface area contributed by atoms with E-state index in [0.29, 0.717) is 6.42 Å². The van der Waals surface area contributed by atoms with Gasteiger partial charge in [-0.05, 0) is 11.9 Å². The minimum absolute atomic E-state index is 0.267. The Morgan fingerprint density at radius 3 is 2.15 bits per heavy atom. The summed E-state index contributed by atoms with van der Waals surface area (Å²) in [5.41, 5.74) is 0.267. The van der Waals surface area contributed by atoms with E-state index in [-0.39, 0.29) is 5.47 Å². The molecule has 6 heteroatoms. The molecule has 0 heterocycles. The second kappa shape index (κ2) is 7.15. The molecule has 4 N–H and O–H groups in total. The van der Waals surface area contributed by atoms with Crippen LogP contribution in [0.2, 0.25) is 0 Å². The zero-order valence-corrected chi connectivity index (χ0v) is 7.85. The molecule has 0 spiro atoms. The van der Waals surface area contributed by atoms with Crippen LogP contribution in [0.5, 0.6) is 0 Å². The molecule has 0 aliphatic rings. The van der Waals surface area contributed by atoms with Gasteiger partial charge in [0.15, 0.2) is 0 Å². The van der Waals surface area contributed by atoms with E-state index in [1.165, 1.54) is 0 Å². The van der Waals surface area contributed by atoms with Crippen LogP contribution in [0.4, 0.5) is 0 Å². The molecule has 0 rings (SSSR count). The zero-order chi connectivity index (χ0) is 10.3. The average molecular weight is 186 g/mol. The summed E-state index contributed by atoms with van der Waals surface area (Å²) >= 11 is 0. The first kappa shape index (κ1) is 12.7. The third-order valence-electron chi connectivity index (χ3n) is 1.76. The third-order valence-corrected chi connectivity index (χ3v) is 1.76. The van der Waals surface area contributed by atoms with Crippen LogP contribution >= 0.6 is 0 Å². The van der Waals surface area contributed by atoms with Gasteiger partial charge in [0.1, 0.15) is 0 Å². The third kappa shape index (κ3) is 6.83. The Labute approximate surface area is 79.2 Å². The summed E-state index contributed by atoms with van der Waals surface area (Å²) in [6.45, 7) is 2.04. The van der Waals surface area contributed by atoms with Crippen LogP contribution in [-0.2, 0) is 0 Å². The minimum atomic E-state index is -1.61. The fourth-order valence-electron chi connectivity index (χ4n) is 1.07. The van der Waals surface area contributed by atoms with Gasteiger partial charge in [-0.25, -0.2) is 0 Å². The van der Waals surface area contributed by atoms with Crippen LogP contribution in [0.25, 0.3) is 0 Å². The van der Waals surface area contributed by atoms with Crippen molar-refractivity contribution in [1.29, 1.82) is 0 Å². The highest BCUT2D eigenvalue weighted by molar-refractivity contribution is 6.56. The van der Waals surface area contributed by atoms with Gasteiger partial charge in [0.2, 0.25) is 0 Å². The number of rotatable bonds is 6. The Hall–Kier alpha value is -0.290. The molecular formula is C7H16B2O4. The molecule has 4 nitrogen and oxygen atoms in total. The van der Waals surface area contributed by atoms with E-state index >= 15 is 0 Å². The summed E-state index contributed by atoms with van der Waals surface area (Å²) in [5.74, 6) is 1.06. The molecular weight excluding hydrogens is 170 g/mol. The van der Waals surface area contributed by atoms with Crippen molar-refractivity contribution in [2.45, 2.75) is 32.6 Å². The molecule has 0 atom stereocenters. The Balaban J connectivity index is 3.95. The van der Waals surface area contributed by atoms with Gasteiger partial charge in [-0.15, -0.1) is 0 Å². The maximum atomic E-state index is 8.83. The van der Waals surface area contributed by atoms with Crippen molar-refractivity contribution in [3.63, 3.8) is 0 Å². The first-order valence-corrected chi connectivity index (χ1v) is 4.50. The highest BCUT2D eigenvalue weighted by Crippen LogP contribution is 2.09. The van der Waals surface area contributed by atoms with Crippen molar-refractivity contribution < 1.29 is 20.1 Å². The molecule has 13 heavy (non-hydrogen) atoms. The van der Waals surface area contributed by atoms with Crippen molar-refractivity contribution in [3.8, 4) is 0 Å². The van der Waals surface area contributed by atoms with Crippen LogP contribution in [0.3, 0.4) is 0 Å². The monoisotopic (exact) mass is 186 g/mol. The summed E-state index contributed by atoms with van der Waals surface area (Å²) in [7, 11) is -3.20. The molecule has 0 bridgehead atoms. The largest absolute Gasteiger partial charge is 0.483 e. The maximum absolute atomic E-state index is 8.83. The quantitative estimate of drug-likeness (QED) is 0.333. The fourth-order valence-corrected chi connectivity index (χ4v) is 1.07. The van der Waals surface area contributed by atoms with Gasteiger partial charge in [-0.3, -0.25) is 0 Å². The van der Waals surface area contributed by atoms with E-state index in [4.69, 9.17) is 20.1 Å². The fraction of sp³-hybridized carbons (Fsp3) is 0.714. The van der Waals surface area contributed by atoms with Crippen molar-refractivity contribution in [1.82, 2.24) is 0 Å². The number of allylic oxidation sites excluding steroid dienone is 1. The molecule has 0 aliphatic heterocycles. The summed E-state index contributed by atoms with van der Waals surface area (Å²) in [6, 6.07) is 0. The highest BCUT2D eigenvalue weighted by atomic mass is 16.4. The van der Waals surface area contributed by atoms with Crippen LogP contribution in [0.1, 0.15) is 32.6 Å². The van der Waals surface area contributed by atoms with Gasteiger partial charge in [0.25, 0.3) is 0 Å². The summed E-state index contributed by atoms with van der Waals surface area (Å²) in [4.78, 5) is 0. The van der Waals surface area contributed by atoms with Crippen LogP contribution < -0.4 is 0 Å². The molecule has 0 aliphatic carbocycles. The second-order valence-corrected chi connectivity index (χ2v) is 2.99. The van der Waals surface area contributed by atoms with E-state index in [1.54, 1.807) is 0 Å². The SMILES string of the molecule is CCCCCC(=CB(O)O)B(O)O.